The van der Waals surface area contributed by atoms with Gasteiger partial charge in [-0.05, 0) is 40.8 Å². The van der Waals surface area contributed by atoms with Crippen LogP contribution in [-0.4, -0.2) is 15.7 Å². The molecule has 20 heavy (non-hydrogen) atoms. The first kappa shape index (κ1) is 13.3. The molecule has 3 rings (SSSR count). The Balaban J connectivity index is 1.91. The molecule has 0 saturated heterocycles. The number of nitriles is 1. The number of hydrogen-bond acceptors (Lipinski definition) is 4. The average Bonchev–Trinajstić information content (AvgIpc) is 3.03. The summed E-state index contributed by atoms with van der Waals surface area (Å²) in [6.07, 6.45) is 4.74. The van der Waals surface area contributed by atoms with Gasteiger partial charge in [0.2, 0.25) is 0 Å². The van der Waals surface area contributed by atoms with Crippen molar-refractivity contribution in [3.8, 4) is 6.07 Å². The second-order valence-corrected chi connectivity index (χ2v) is 6.59. The second-order valence-electron chi connectivity index (χ2n) is 4.63. The normalized spacial score (nSPS) is 13.1. The van der Waals surface area contributed by atoms with Gasteiger partial charge in [0.05, 0.1) is 10.0 Å². The van der Waals surface area contributed by atoms with E-state index in [0.29, 0.717) is 20.7 Å². The van der Waals surface area contributed by atoms with Crippen LogP contribution in [0.4, 0.5) is 5.00 Å². The minimum atomic E-state index is -0.297. The standard InChI is InChI=1S/C13H11BrN4OS/c1-18-6-9(14)11(17-18)12(19)16-13-8(5-15)7-3-2-4-10(7)20-13/h6H,2-4H2,1H3,(H,16,19). The minimum absolute atomic E-state index is 0.297. The van der Waals surface area contributed by atoms with Crippen molar-refractivity contribution in [3.63, 3.8) is 0 Å². The monoisotopic (exact) mass is 350 g/mol. The van der Waals surface area contributed by atoms with Crippen LogP contribution in [0, 0.1) is 11.3 Å². The summed E-state index contributed by atoms with van der Waals surface area (Å²) in [5.41, 5.74) is 2.04. The van der Waals surface area contributed by atoms with Crippen molar-refractivity contribution < 1.29 is 4.79 Å². The van der Waals surface area contributed by atoms with Crippen LogP contribution in [-0.2, 0) is 19.9 Å². The molecule has 102 valence electrons. The number of amides is 1. The SMILES string of the molecule is Cn1cc(Br)c(C(=O)Nc2sc3c(c2C#N)CCC3)n1. The van der Waals surface area contributed by atoms with Gasteiger partial charge in [-0.2, -0.15) is 10.4 Å². The summed E-state index contributed by atoms with van der Waals surface area (Å²) in [7, 11) is 1.75. The summed E-state index contributed by atoms with van der Waals surface area (Å²) < 4.78 is 2.21. The molecule has 0 aromatic carbocycles. The van der Waals surface area contributed by atoms with Crippen molar-refractivity contribution in [3.05, 3.63) is 32.4 Å². The van der Waals surface area contributed by atoms with Gasteiger partial charge in [0.1, 0.15) is 11.1 Å². The predicted octanol–water partition coefficient (Wildman–Crippen LogP) is 2.86. The molecule has 1 N–H and O–H groups in total. The Labute approximate surface area is 128 Å². The maximum atomic E-state index is 12.2. The number of rotatable bonds is 2. The molecule has 0 unspecified atom stereocenters. The van der Waals surface area contributed by atoms with Crippen molar-refractivity contribution >= 4 is 38.2 Å². The van der Waals surface area contributed by atoms with Gasteiger partial charge in [-0.3, -0.25) is 9.48 Å². The van der Waals surface area contributed by atoms with Crippen molar-refractivity contribution in [2.24, 2.45) is 7.05 Å². The van der Waals surface area contributed by atoms with E-state index in [9.17, 15) is 10.1 Å². The molecule has 0 radical (unpaired) electrons. The van der Waals surface area contributed by atoms with E-state index in [1.54, 1.807) is 17.9 Å². The predicted molar refractivity (Wildman–Crippen MR) is 79.9 cm³/mol. The summed E-state index contributed by atoms with van der Waals surface area (Å²) in [6.45, 7) is 0. The molecule has 1 aliphatic rings. The number of thiophene rings is 1. The molecule has 1 amide bonds. The second kappa shape index (κ2) is 5.04. The summed E-state index contributed by atoms with van der Waals surface area (Å²) in [4.78, 5) is 13.4. The molecular weight excluding hydrogens is 340 g/mol. The van der Waals surface area contributed by atoms with E-state index >= 15 is 0 Å². The minimum Gasteiger partial charge on any atom is -0.311 e. The molecule has 5 nitrogen and oxygen atoms in total. The Morgan fingerprint density at radius 1 is 1.60 bits per heavy atom. The van der Waals surface area contributed by atoms with E-state index in [4.69, 9.17) is 0 Å². The van der Waals surface area contributed by atoms with Crippen molar-refractivity contribution in [1.82, 2.24) is 9.78 Å². The Kier molecular flexibility index (Phi) is 3.36. The number of aryl methyl sites for hydroxylation is 2. The zero-order valence-electron chi connectivity index (χ0n) is 10.7. The summed E-state index contributed by atoms with van der Waals surface area (Å²) in [5, 5.41) is 16.8. The van der Waals surface area contributed by atoms with Crippen LogP contribution in [0.5, 0.6) is 0 Å². The topological polar surface area (TPSA) is 70.7 Å². The van der Waals surface area contributed by atoms with Crippen LogP contribution in [0.3, 0.4) is 0 Å². The van der Waals surface area contributed by atoms with Crippen LogP contribution in [0.2, 0.25) is 0 Å². The highest BCUT2D eigenvalue weighted by Gasteiger charge is 2.24. The van der Waals surface area contributed by atoms with Gasteiger partial charge in [0.15, 0.2) is 5.69 Å². The lowest BCUT2D eigenvalue weighted by molar-refractivity contribution is 0.102. The van der Waals surface area contributed by atoms with E-state index in [0.717, 1.165) is 24.8 Å². The maximum Gasteiger partial charge on any atom is 0.277 e. The Morgan fingerprint density at radius 3 is 3.05 bits per heavy atom. The van der Waals surface area contributed by atoms with Crippen molar-refractivity contribution in [2.75, 3.05) is 5.32 Å². The quantitative estimate of drug-likeness (QED) is 0.904. The lowest BCUT2D eigenvalue weighted by atomic mass is 10.1. The lowest BCUT2D eigenvalue weighted by Crippen LogP contribution is -2.13. The third kappa shape index (κ3) is 2.15. The van der Waals surface area contributed by atoms with E-state index < -0.39 is 0 Å². The van der Waals surface area contributed by atoms with E-state index in [1.807, 2.05) is 0 Å². The van der Waals surface area contributed by atoms with Crippen molar-refractivity contribution in [2.45, 2.75) is 19.3 Å². The summed E-state index contributed by atoms with van der Waals surface area (Å²) in [5.74, 6) is -0.297. The number of halogens is 1. The zero-order chi connectivity index (χ0) is 14.3. The Morgan fingerprint density at radius 2 is 2.40 bits per heavy atom. The highest BCUT2D eigenvalue weighted by atomic mass is 79.9. The van der Waals surface area contributed by atoms with Gasteiger partial charge >= 0.3 is 0 Å². The largest absolute Gasteiger partial charge is 0.311 e. The van der Waals surface area contributed by atoms with Gasteiger partial charge < -0.3 is 5.32 Å². The van der Waals surface area contributed by atoms with Crippen LogP contribution in [0.15, 0.2) is 10.7 Å². The molecule has 1 aliphatic carbocycles. The number of aromatic nitrogens is 2. The maximum absolute atomic E-state index is 12.2. The smallest absolute Gasteiger partial charge is 0.277 e. The molecule has 2 aromatic heterocycles. The van der Waals surface area contributed by atoms with E-state index in [1.165, 1.54) is 16.2 Å². The zero-order valence-corrected chi connectivity index (χ0v) is 13.1. The van der Waals surface area contributed by atoms with E-state index in [2.05, 4.69) is 32.4 Å². The highest BCUT2D eigenvalue weighted by molar-refractivity contribution is 9.10. The van der Waals surface area contributed by atoms with Gasteiger partial charge in [0, 0.05) is 18.1 Å². The number of hydrogen-bond donors (Lipinski definition) is 1. The van der Waals surface area contributed by atoms with Crippen LogP contribution in [0.1, 0.15) is 32.9 Å². The van der Waals surface area contributed by atoms with Crippen LogP contribution < -0.4 is 5.32 Å². The summed E-state index contributed by atoms with van der Waals surface area (Å²) in [6, 6.07) is 2.21. The molecule has 0 spiro atoms. The average molecular weight is 351 g/mol. The molecule has 0 aliphatic heterocycles. The third-order valence-corrected chi connectivity index (χ3v) is 5.05. The third-order valence-electron chi connectivity index (χ3n) is 3.26. The van der Waals surface area contributed by atoms with Crippen LogP contribution >= 0.6 is 27.3 Å². The fraction of sp³-hybridized carbons (Fsp3) is 0.308. The highest BCUT2D eigenvalue weighted by Crippen LogP contribution is 2.38. The molecule has 2 heterocycles. The van der Waals surface area contributed by atoms with Gasteiger partial charge in [0.25, 0.3) is 5.91 Å². The number of fused-ring (bicyclic) bond motifs is 1. The van der Waals surface area contributed by atoms with Gasteiger partial charge in [-0.25, -0.2) is 0 Å². The lowest BCUT2D eigenvalue weighted by Gasteiger charge is -2.02. The number of carbonyl (C=O) groups is 1. The van der Waals surface area contributed by atoms with E-state index in [-0.39, 0.29) is 5.91 Å². The molecule has 0 saturated carbocycles. The first-order valence-electron chi connectivity index (χ1n) is 6.15. The molecule has 7 heteroatoms. The number of nitrogens with zero attached hydrogens (tertiary/aromatic N) is 3. The molecule has 0 atom stereocenters. The van der Waals surface area contributed by atoms with Crippen molar-refractivity contribution in [1.29, 1.82) is 5.26 Å². The van der Waals surface area contributed by atoms with Gasteiger partial charge in [-0.1, -0.05) is 0 Å². The molecule has 0 fully saturated rings. The fourth-order valence-electron chi connectivity index (χ4n) is 2.39. The van der Waals surface area contributed by atoms with Crippen LogP contribution in [0.25, 0.3) is 0 Å². The molecule has 2 aromatic rings. The number of nitrogens with one attached hydrogen (secondary N) is 1. The Hall–Kier alpha value is -1.65. The number of carbonyl (C=O) groups excluding carboxylic acids is 1. The Bertz CT molecular complexity index is 740. The first-order valence-corrected chi connectivity index (χ1v) is 7.76. The molecule has 0 bridgehead atoms. The van der Waals surface area contributed by atoms with Gasteiger partial charge in [-0.15, -0.1) is 11.3 Å². The first-order chi connectivity index (χ1) is 9.60. The summed E-state index contributed by atoms with van der Waals surface area (Å²) >= 11 is 4.81. The molecular formula is C13H11BrN4OS. The number of anilines is 1. The fourth-order valence-corrected chi connectivity index (χ4v) is 4.18.